The van der Waals surface area contributed by atoms with Gasteiger partial charge in [-0.2, -0.15) is 0 Å². The molecule has 2 amide bonds. The zero-order valence-electron chi connectivity index (χ0n) is 18.9. The Labute approximate surface area is 192 Å². The van der Waals surface area contributed by atoms with Gasteiger partial charge < -0.3 is 15.0 Å². The van der Waals surface area contributed by atoms with Gasteiger partial charge in [-0.05, 0) is 62.2 Å². The van der Waals surface area contributed by atoms with Crippen LogP contribution in [0.5, 0.6) is 5.75 Å². The minimum Gasteiger partial charge on any atom is -0.497 e. The number of anilines is 1. The zero-order chi connectivity index (χ0) is 23.3. The highest BCUT2D eigenvalue weighted by atomic mass is 32.2. The first kappa shape index (κ1) is 23.3. The first-order valence-electron chi connectivity index (χ1n) is 10.1. The van der Waals surface area contributed by atoms with Crippen LogP contribution < -0.4 is 10.1 Å². The van der Waals surface area contributed by atoms with Crippen molar-refractivity contribution < 1.29 is 14.3 Å². The van der Waals surface area contributed by atoms with Gasteiger partial charge >= 0.3 is 0 Å². The summed E-state index contributed by atoms with van der Waals surface area (Å²) in [5.74, 6) is 1.20. The molecule has 0 saturated carbocycles. The molecule has 32 heavy (non-hydrogen) atoms. The van der Waals surface area contributed by atoms with Gasteiger partial charge in [0, 0.05) is 18.4 Å². The van der Waals surface area contributed by atoms with E-state index in [1.807, 2.05) is 67.8 Å². The first-order valence-corrected chi connectivity index (χ1v) is 11.1. The summed E-state index contributed by atoms with van der Waals surface area (Å²) in [6, 6.07) is 13.3. The molecule has 3 rings (SSSR count). The number of methoxy groups -OCH3 is 1. The van der Waals surface area contributed by atoms with Gasteiger partial charge in [0.2, 0.25) is 11.8 Å². The fourth-order valence-electron chi connectivity index (χ4n) is 3.08. The molecule has 0 spiro atoms. The van der Waals surface area contributed by atoms with Crippen LogP contribution in [0.15, 0.2) is 47.6 Å². The van der Waals surface area contributed by atoms with E-state index in [0.29, 0.717) is 11.0 Å². The summed E-state index contributed by atoms with van der Waals surface area (Å²) in [4.78, 5) is 26.4. The van der Waals surface area contributed by atoms with Gasteiger partial charge in [0.15, 0.2) is 5.16 Å². The number of aromatic nitrogens is 3. The van der Waals surface area contributed by atoms with Crippen LogP contribution in [0.4, 0.5) is 5.69 Å². The highest BCUT2D eigenvalue weighted by Gasteiger charge is 2.17. The van der Waals surface area contributed by atoms with Crippen molar-refractivity contribution in [2.75, 3.05) is 31.8 Å². The second-order valence-electron chi connectivity index (χ2n) is 7.40. The average molecular weight is 454 g/mol. The number of rotatable bonds is 8. The van der Waals surface area contributed by atoms with E-state index in [9.17, 15) is 9.59 Å². The molecule has 0 atom stereocenters. The second-order valence-corrected chi connectivity index (χ2v) is 8.34. The van der Waals surface area contributed by atoms with Crippen molar-refractivity contribution >= 4 is 29.3 Å². The van der Waals surface area contributed by atoms with Crippen molar-refractivity contribution in [1.82, 2.24) is 19.7 Å². The number of carbonyl (C=O) groups is 2. The second kappa shape index (κ2) is 10.3. The largest absolute Gasteiger partial charge is 0.497 e. The van der Waals surface area contributed by atoms with Gasteiger partial charge in [-0.25, -0.2) is 0 Å². The molecule has 1 heterocycles. The number of nitrogens with zero attached hydrogens (tertiary/aromatic N) is 4. The topological polar surface area (TPSA) is 89.3 Å². The third-order valence-corrected chi connectivity index (χ3v) is 6.05. The van der Waals surface area contributed by atoms with Crippen molar-refractivity contribution in [2.45, 2.75) is 25.9 Å². The van der Waals surface area contributed by atoms with E-state index in [2.05, 4.69) is 15.5 Å². The van der Waals surface area contributed by atoms with Crippen LogP contribution in [-0.2, 0) is 9.59 Å². The Morgan fingerprint density at radius 3 is 2.50 bits per heavy atom. The Morgan fingerprint density at radius 2 is 1.81 bits per heavy atom. The Kier molecular flexibility index (Phi) is 7.53. The molecular weight excluding hydrogens is 426 g/mol. The molecule has 0 radical (unpaired) electrons. The summed E-state index contributed by atoms with van der Waals surface area (Å²) in [5.41, 5.74) is 3.75. The van der Waals surface area contributed by atoms with Crippen molar-refractivity contribution in [2.24, 2.45) is 0 Å². The molecule has 1 N–H and O–H groups in total. The number of benzene rings is 2. The standard InChI is InChI=1S/C23H27N5O3S/c1-15-7-6-8-20(16(15)2)24-21(29)13-27(4)22(30)14-32-23-26-25-17(3)28(23)18-9-11-19(31-5)12-10-18/h6-12H,13-14H2,1-5H3,(H,24,29). The minimum atomic E-state index is -0.239. The van der Waals surface area contributed by atoms with Crippen molar-refractivity contribution in [3.63, 3.8) is 0 Å². The lowest BCUT2D eigenvalue weighted by atomic mass is 10.1. The summed E-state index contributed by atoms with van der Waals surface area (Å²) in [5, 5.41) is 11.8. The van der Waals surface area contributed by atoms with Gasteiger partial charge in [-0.1, -0.05) is 23.9 Å². The van der Waals surface area contributed by atoms with Crippen molar-refractivity contribution in [1.29, 1.82) is 0 Å². The molecule has 0 aliphatic rings. The van der Waals surface area contributed by atoms with Crippen LogP contribution in [0.1, 0.15) is 17.0 Å². The molecule has 0 fully saturated rings. The molecular formula is C23H27N5O3S. The molecule has 0 bridgehead atoms. The molecule has 8 nitrogen and oxygen atoms in total. The molecule has 0 aliphatic heterocycles. The summed E-state index contributed by atoms with van der Waals surface area (Å²) < 4.78 is 7.08. The molecule has 9 heteroatoms. The van der Waals surface area contributed by atoms with Crippen LogP contribution in [-0.4, -0.2) is 57.9 Å². The lowest BCUT2D eigenvalue weighted by Crippen LogP contribution is -2.36. The maximum atomic E-state index is 12.6. The summed E-state index contributed by atoms with van der Waals surface area (Å²) >= 11 is 1.28. The third-order valence-electron chi connectivity index (χ3n) is 5.14. The third kappa shape index (κ3) is 5.47. The summed E-state index contributed by atoms with van der Waals surface area (Å²) in [6.07, 6.45) is 0. The molecule has 3 aromatic rings. The number of nitrogens with one attached hydrogen (secondary N) is 1. The Balaban J connectivity index is 1.59. The summed E-state index contributed by atoms with van der Waals surface area (Å²) in [6.45, 7) is 5.77. The van der Waals surface area contributed by atoms with Crippen LogP contribution >= 0.6 is 11.8 Å². The highest BCUT2D eigenvalue weighted by molar-refractivity contribution is 7.99. The number of amides is 2. The first-order chi connectivity index (χ1) is 15.3. The van der Waals surface area contributed by atoms with Gasteiger partial charge in [0.05, 0.1) is 19.4 Å². The van der Waals surface area contributed by atoms with Gasteiger partial charge in [0.25, 0.3) is 0 Å². The molecule has 0 aliphatic carbocycles. The molecule has 1 aromatic heterocycles. The van der Waals surface area contributed by atoms with Crippen molar-refractivity contribution in [3.8, 4) is 11.4 Å². The quantitative estimate of drug-likeness (QED) is 0.526. The van der Waals surface area contributed by atoms with Crippen LogP contribution in [0.3, 0.4) is 0 Å². The number of aryl methyl sites for hydroxylation is 2. The smallest absolute Gasteiger partial charge is 0.243 e. The van der Waals surface area contributed by atoms with E-state index in [1.54, 1.807) is 14.2 Å². The number of hydrogen-bond acceptors (Lipinski definition) is 6. The van der Waals surface area contributed by atoms with Crippen LogP contribution in [0.25, 0.3) is 5.69 Å². The molecule has 168 valence electrons. The molecule has 0 unspecified atom stereocenters. The fourth-order valence-corrected chi connectivity index (χ4v) is 4.02. The minimum absolute atomic E-state index is 0.0308. The summed E-state index contributed by atoms with van der Waals surface area (Å²) in [7, 11) is 3.23. The number of hydrogen-bond donors (Lipinski definition) is 1. The predicted molar refractivity (Wildman–Crippen MR) is 126 cm³/mol. The van der Waals surface area contributed by atoms with Crippen molar-refractivity contribution in [3.05, 3.63) is 59.4 Å². The van der Waals surface area contributed by atoms with E-state index in [-0.39, 0.29) is 24.1 Å². The van der Waals surface area contributed by atoms with E-state index in [0.717, 1.165) is 28.3 Å². The predicted octanol–water partition coefficient (Wildman–Crippen LogP) is 3.39. The maximum absolute atomic E-state index is 12.6. The lowest BCUT2D eigenvalue weighted by Gasteiger charge is -2.17. The van der Waals surface area contributed by atoms with Gasteiger partial charge in [-0.3, -0.25) is 14.2 Å². The van der Waals surface area contributed by atoms with Gasteiger partial charge in [-0.15, -0.1) is 10.2 Å². The van der Waals surface area contributed by atoms with Gasteiger partial charge in [0.1, 0.15) is 11.6 Å². The average Bonchev–Trinajstić information content (AvgIpc) is 3.15. The number of ether oxygens (including phenoxy) is 1. The molecule has 0 saturated heterocycles. The normalized spacial score (nSPS) is 10.7. The number of likely N-dealkylation sites (N-methyl/N-ethyl adjacent to an activating group) is 1. The molecule has 2 aromatic carbocycles. The van der Waals surface area contributed by atoms with E-state index in [1.165, 1.54) is 16.7 Å². The SMILES string of the molecule is COc1ccc(-n2c(C)nnc2SCC(=O)N(C)CC(=O)Nc2cccc(C)c2C)cc1. The Morgan fingerprint density at radius 1 is 1.09 bits per heavy atom. The zero-order valence-corrected chi connectivity index (χ0v) is 19.7. The Bertz CT molecular complexity index is 1110. The highest BCUT2D eigenvalue weighted by Crippen LogP contribution is 2.24. The fraction of sp³-hybridized carbons (Fsp3) is 0.304. The van der Waals surface area contributed by atoms with E-state index in [4.69, 9.17) is 4.74 Å². The number of thioether (sulfide) groups is 1. The monoisotopic (exact) mass is 453 g/mol. The van der Waals surface area contributed by atoms with Crippen LogP contribution in [0.2, 0.25) is 0 Å². The maximum Gasteiger partial charge on any atom is 0.243 e. The number of carbonyl (C=O) groups excluding carboxylic acids is 2. The van der Waals surface area contributed by atoms with E-state index >= 15 is 0 Å². The lowest BCUT2D eigenvalue weighted by molar-refractivity contribution is -0.131. The Hall–Kier alpha value is -3.33. The van der Waals surface area contributed by atoms with Crippen LogP contribution in [0, 0.1) is 20.8 Å². The van der Waals surface area contributed by atoms with E-state index < -0.39 is 0 Å².